The van der Waals surface area contributed by atoms with Crippen LogP contribution in [0, 0.1) is 34.6 Å². The lowest BCUT2D eigenvalue weighted by molar-refractivity contribution is 0.0952. The van der Waals surface area contributed by atoms with Crippen LogP contribution in [-0.2, 0) is 13.0 Å². The molecule has 0 saturated heterocycles. The maximum Gasteiger partial charge on any atom is 0.257 e. The van der Waals surface area contributed by atoms with Gasteiger partial charge in [-0.2, -0.15) is 5.10 Å². The first-order chi connectivity index (χ1) is 14.8. The molecule has 0 atom stereocenters. The second-order valence-corrected chi connectivity index (χ2v) is 8.28. The Morgan fingerprint density at radius 3 is 2.32 bits per heavy atom. The van der Waals surface area contributed by atoms with Gasteiger partial charge in [0.15, 0.2) is 5.65 Å². The molecule has 0 aliphatic rings. The van der Waals surface area contributed by atoms with Gasteiger partial charge in [0, 0.05) is 24.4 Å². The van der Waals surface area contributed by atoms with Gasteiger partial charge >= 0.3 is 0 Å². The SMILES string of the molecule is Cc1cc(C)c(Cc2c(C)nc3c(C(=O)NCc4ccccc4)cnn3c2C)c(C)c1. The maximum atomic E-state index is 12.8. The molecule has 0 aliphatic carbocycles. The minimum Gasteiger partial charge on any atom is -0.348 e. The number of carbonyl (C=O) groups is 1. The molecule has 5 nitrogen and oxygen atoms in total. The molecule has 2 aromatic heterocycles. The first-order valence-electron chi connectivity index (χ1n) is 10.6. The van der Waals surface area contributed by atoms with E-state index in [0.717, 1.165) is 28.9 Å². The Bertz CT molecular complexity index is 1250. The zero-order valence-electron chi connectivity index (χ0n) is 18.8. The maximum absolute atomic E-state index is 12.8. The summed E-state index contributed by atoms with van der Waals surface area (Å²) >= 11 is 0. The fraction of sp³-hybridized carbons (Fsp3) is 0.269. The van der Waals surface area contributed by atoms with Gasteiger partial charge in [-0.15, -0.1) is 0 Å². The highest BCUT2D eigenvalue weighted by atomic mass is 16.1. The number of benzene rings is 2. The van der Waals surface area contributed by atoms with E-state index in [0.29, 0.717) is 17.8 Å². The average molecular weight is 413 g/mol. The number of amides is 1. The van der Waals surface area contributed by atoms with Crippen LogP contribution in [0.25, 0.3) is 5.65 Å². The third-order valence-corrected chi connectivity index (χ3v) is 5.94. The lowest BCUT2D eigenvalue weighted by Gasteiger charge is -2.15. The number of aryl methyl sites for hydroxylation is 5. The van der Waals surface area contributed by atoms with Crippen LogP contribution in [-0.4, -0.2) is 20.5 Å². The van der Waals surface area contributed by atoms with E-state index in [1.807, 2.05) is 37.3 Å². The molecule has 0 spiro atoms. The van der Waals surface area contributed by atoms with Gasteiger partial charge in [0.25, 0.3) is 5.91 Å². The molecule has 0 saturated carbocycles. The Hall–Kier alpha value is -3.47. The van der Waals surface area contributed by atoms with Gasteiger partial charge in [0.05, 0.1) is 6.20 Å². The van der Waals surface area contributed by atoms with Crippen molar-refractivity contribution in [3.63, 3.8) is 0 Å². The second kappa shape index (κ2) is 8.34. The quantitative estimate of drug-likeness (QED) is 0.513. The fourth-order valence-electron chi connectivity index (χ4n) is 4.27. The minimum absolute atomic E-state index is 0.164. The second-order valence-electron chi connectivity index (χ2n) is 8.28. The van der Waals surface area contributed by atoms with Crippen LogP contribution in [0.4, 0.5) is 0 Å². The number of aromatic nitrogens is 3. The highest BCUT2D eigenvalue weighted by Crippen LogP contribution is 2.24. The molecule has 0 fully saturated rings. The molecule has 1 N–H and O–H groups in total. The summed E-state index contributed by atoms with van der Waals surface area (Å²) in [6.45, 7) is 11.0. The molecule has 4 rings (SSSR count). The molecule has 2 heterocycles. The van der Waals surface area contributed by atoms with E-state index >= 15 is 0 Å². The number of rotatable bonds is 5. The van der Waals surface area contributed by atoms with E-state index in [1.54, 1.807) is 10.7 Å². The van der Waals surface area contributed by atoms with Crippen LogP contribution >= 0.6 is 0 Å². The first-order valence-corrected chi connectivity index (χ1v) is 10.6. The summed E-state index contributed by atoms with van der Waals surface area (Å²) in [5, 5.41) is 7.46. The number of carbonyl (C=O) groups excluding carboxylic acids is 1. The van der Waals surface area contributed by atoms with Crippen LogP contribution in [0.3, 0.4) is 0 Å². The van der Waals surface area contributed by atoms with Crippen LogP contribution in [0.5, 0.6) is 0 Å². The standard InChI is InChI=1S/C26H28N4O/c1-16-11-17(2)22(18(3)12-16)13-23-19(4)29-25-24(15-28-30(25)20(23)5)26(31)27-14-21-9-7-6-8-10-21/h6-12,15H,13-14H2,1-5H3,(H,27,31). The predicted octanol–water partition coefficient (Wildman–Crippen LogP) is 4.79. The van der Waals surface area contributed by atoms with Crippen molar-refractivity contribution in [3.8, 4) is 0 Å². The molecular formula is C26H28N4O. The summed E-state index contributed by atoms with van der Waals surface area (Å²) in [4.78, 5) is 17.6. The van der Waals surface area contributed by atoms with Crippen molar-refractivity contribution >= 4 is 11.6 Å². The van der Waals surface area contributed by atoms with E-state index in [9.17, 15) is 4.79 Å². The highest BCUT2D eigenvalue weighted by molar-refractivity contribution is 5.99. The summed E-state index contributed by atoms with van der Waals surface area (Å²) in [7, 11) is 0. The molecule has 2 aromatic carbocycles. The monoisotopic (exact) mass is 412 g/mol. The van der Waals surface area contributed by atoms with Crippen LogP contribution in [0.1, 0.15) is 55.1 Å². The van der Waals surface area contributed by atoms with E-state index in [2.05, 4.69) is 50.2 Å². The first kappa shape index (κ1) is 20.8. The number of hydrogen-bond acceptors (Lipinski definition) is 3. The molecule has 0 aliphatic heterocycles. The molecule has 31 heavy (non-hydrogen) atoms. The van der Waals surface area contributed by atoms with Crippen molar-refractivity contribution in [1.82, 2.24) is 19.9 Å². The molecule has 0 radical (unpaired) electrons. The minimum atomic E-state index is -0.164. The van der Waals surface area contributed by atoms with Gasteiger partial charge in [0.2, 0.25) is 0 Å². The molecule has 0 unspecified atom stereocenters. The molecule has 0 bridgehead atoms. The largest absolute Gasteiger partial charge is 0.348 e. The Kier molecular flexibility index (Phi) is 5.59. The van der Waals surface area contributed by atoms with E-state index in [4.69, 9.17) is 4.98 Å². The predicted molar refractivity (Wildman–Crippen MR) is 124 cm³/mol. The Balaban J connectivity index is 1.65. The lowest BCUT2D eigenvalue weighted by Crippen LogP contribution is -2.23. The third-order valence-electron chi connectivity index (χ3n) is 5.94. The summed E-state index contributed by atoms with van der Waals surface area (Å²) in [5.41, 5.74) is 10.4. The van der Waals surface area contributed by atoms with Gasteiger partial charge in [-0.3, -0.25) is 4.79 Å². The number of fused-ring (bicyclic) bond motifs is 1. The van der Waals surface area contributed by atoms with Crippen molar-refractivity contribution in [3.05, 3.63) is 99.0 Å². The molecule has 5 heteroatoms. The lowest BCUT2D eigenvalue weighted by atomic mass is 9.93. The summed E-state index contributed by atoms with van der Waals surface area (Å²) < 4.78 is 1.79. The van der Waals surface area contributed by atoms with E-state index in [-0.39, 0.29) is 5.91 Å². The van der Waals surface area contributed by atoms with Crippen LogP contribution in [0.2, 0.25) is 0 Å². The van der Waals surface area contributed by atoms with Gasteiger partial charge in [-0.25, -0.2) is 9.50 Å². The van der Waals surface area contributed by atoms with E-state index < -0.39 is 0 Å². The summed E-state index contributed by atoms with van der Waals surface area (Å²) in [6, 6.07) is 14.3. The Morgan fingerprint density at radius 2 is 1.65 bits per heavy atom. The van der Waals surface area contributed by atoms with E-state index in [1.165, 1.54) is 22.3 Å². The Morgan fingerprint density at radius 1 is 0.968 bits per heavy atom. The van der Waals surface area contributed by atoms with Gasteiger partial charge < -0.3 is 5.32 Å². The molecule has 4 aromatic rings. The van der Waals surface area contributed by atoms with Crippen molar-refractivity contribution in [2.45, 2.75) is 47.6 Å². The zero-order valence-corrected chi connectivity index (χ0v) is 18.8. The molecule has 1 amide bonds. The number of nitrogens with one attached hydrogen (secondary N) is 1. The van der Waals surface area contributed by atoms with Crippen LogP contribution in [0.15, 0.2) is 48.7 Å². The highest BCUT2D eigenvalue weighted by Gasteiger charge is 2.19. The van der Waals surface area contributed by atoms with Gasteiger partial charge in [0.1, 0.15) is 5.56 Å². The topological polar surface area (TPSA) is 59.3 Å². The summed E-state index contributed by atoms with van der Waals surface area (Å²) in [6.07, 6.45) is 2.41. The van der Waals surface area contributed by atoms with Gasteiger partial charge in [-0.05, 0) is 62.4 Å². The van der Waals surface area contributed by atoms with Gasteiger partial charge in [-0.1, -0.05) is 48.0 Å². The normalized spacial score (nSPS) is 11.1. The number of nitrogens with zero attached hydrogens (tertiary/aromatic N) is 3. The van der Waals surface area contributed by atoms with Crippen LogP contribution < -0.4 is 5.32 Å². The zero-order chi connectivity index (χ0) is 22.1. The smallest absolute Gasteiger partial charge is 0.257 e. The molecule has 158 valence electrons. The number of hydrogen-bond donors (Lipinski definition) is 1. The fourth-order valence-corrected chi connectivity index (χ4v) is 4.27. The van der Waals surface area contributed by atoms with Crippen molar-refractivity contribution in [2.75, 3.05) is 0 Å². The third kappa shape index (κ3) is 4.08. The van der Waals surface area contributed by atoms with Crippen molar-refractivity contribution < 1.29 is 4.79 Å². The Labute approximate surface area is 183 Å². The molecular weight excluding hydrogens is 384 g/mol. The summed E-state index contributed by atoms with van der Waals surface area (Å²) in [5.74, 6) is -0.164. The van der Waals surface area contributed by atoms with Crippen molar-refractivity contribution in [2.24, 2.45) is 0 Å². The van der Waals surface area contributed by atoms with Crippen molar-refractivity contribution in [1.29, 1.82) is 0 Å². The average Bonchev–Trinajstić information content (AvgIpc) is 3.15.